The third kappa shape index (κ3) is 2.24. The SMILES string of the molecule is CC1Cc2cc(F)ccc2C(C)N1Cc1nccn1C. The van der Waals surface area contributed by atoms with Crippen molar-refractivity contribution in [3.8, 4) is 0 Å². The molecule has 2 unspecified atom stereocenters. The van der Waals surface area contributed by atoms with Gasteiger partial charge in [-0.25, -0.2) is 9.37 Å². The monoisotopic (exact) mass is 273 g/mol. The zero-order chi connectivity index (χ0) is 14.3. The lowest BCUT2D eigenvalue weighted by Gasteiger charge is -2.40. The molecule has 0 N–H and O–H groups in total. The summed E-state index contributed by atoms with van der Waals surface area (Å²) in [6.07, 6.45) is 4.69. The maximum absolute atomic E-state index is 13.4. The van der Waals surface area contributed by atoms with Crippen molar-refractivity contribution in [2.24, 2.45) is 7.05 Å². The van der Waals surface area contributed by atoms with Gasteiger partial charge >= 0.3 is 0 Å². The highest BCUT2D eigenvalue weighted by atomic mass is 19.1. The first-order valence-electron chi connectivity index (χ1n) is 7.06. The molecule has 0 saturated heterocycles. The number of hydrogen-bond acceptors (Lipinski definition) is 2. The summed E-state index contributed by atoms with van der Waals surface area (Å²) in [6.45, 7) is 5.21. The molecule has 1 aromatic heterocycles. The van der Waals surface area contributed by atoms with Gasteiger partial charge in [-0.1, -0.05) is 6.07 Å². The predicted molar refractivity (Wildman–Crippen MR) is 76.7 cm³/mol. The summed E-state index contributed by atoms with van der Waals surface area (Å²) < 4.78 is 15.4. The van der Waals surface area contributed by atoms with Gasteiger partial charge in [-0.15, -0.1) is 0 Å². The third-order valence-electron chi connectivity index (χ3n) is 4.38. The lowest BCUT2D eigenvalue weighted by atomic mass is 9.89. The van der Waals surface area contributed by atoms with Crippen molar-refractivity contribution in [3.05, 3.63) is 53.4 Å². The van der Waals surface area contributed by atoms with E-state index in [1.807, 2.05) is 25.5 Å². The molecule has 2 aromatic rings. The van der Waals surface area contributed by atoms with Crippen molar-refractivity contribution in [3.63, 3.8) is 0 Å². The molecule has 3 nitrogen and oxygen atoms in total. The van der Waals surface area contributed by atoms with E-state index in [1.165, 1.54) is 5.56 Å². The van der Waals surface area contributed by atoms with Crippen LogP contribution >= 0.6 is 0 Å². The van der Waals surface area contributed by atoms with E-state index < -0.39 is 0 Å². The smallest absolute Gasteiger partial charge is 0.123 e. The number of fused-ring (bicyclic) bond motifs is 1. The Morgan fingerprint density at radius 1 is 1.35 bits per heavy atom. The molecule has 1 aromatic carbocycles. The molecule has 106 valence electrons. The lowest BCUT2D eigenvalue weighted by Crippen LogP contribution is -2.41. The standard InChI is InChI=1S/C16H20FN3/c1-11-8-13-9-14(17)4-5-15(13)12(2)20(11)10-16-18-6-7-19(16)3/h4-7,9,11-12H,8,10H2,1-3H3. The van der Waals surface area contributed by atoms with Gasteiger partial charge < -0.3 is 4.57 Å². The Hall–Kier alpha value is -1.68. The van der Waals surface area contributed by atoms with Crippen LogP contribution in [-0.4, -0.2) is 20.5 Å². The number of benzene rings is 1. The van der Waals surface area contributed by atoms with Gasteiger partial charge in [0, 0.05) is 31.5 Å². The van der Waals surface area contributed by atoms with Crippen molar-refractivity contribution in [1.82, 2.24) is 14.5 Å². The van der Waals surface area contributed by atoms with Crippen LogP contribution in [0.15, 0.2) is 30.6 Å². The topological polar surface area (TPSA) is 21.1 Å². The molecule has 3 rings (SSSR count). The highest BCUT2D eigenvalue weighted by molar-refractivity contribution is 5.33. The lowest BCUT2D eigenvalue weighted by molar-refractivity contribution is 0.124. The summed E-state index contributed by atoms with van der Waals surface area (Å²) in [5.41, 5.74) is 2.37. The molecule has 1 aliphatic heterocycles. The van der Waals surface area contributed by atoms with Crippen LogP contribution in [0.2, 0.25) is 0 Å². The van der Waals surface area contributed by atoms with Crippen LogP contribution < -0.4 is 0 Å². The number of rotatable bonds is 2. The van der Waals surface area contributed by atoms with Crippen LogP contribution in [0, 0.1) is 5.82 Å². The molecule has 0 aliphatic carbocycles. The van der Waals surface area contributed by atoms with Crippen LogP contribution in [0.4, 0.5) is 4.39 Å². The van der Waals surface area contributed by atoms with Crippen LogP contribution in [0.1, 0.15) is 36.8 Å². The molecule has 0 spiro atoms. The molecule has 0 amide bonds. The van der Waals surface area contributed by atoms with E-state index in [2.05, 4.69) is 28.3 Å². The molecule has 0 radical (unpaired) electrons. The van der Waals surface area contributed by atoms with Gasteiger partial charge in [-0.3, -0.25) is 4.90 Å². The molecular weight excluding hydrogens is 253 g/mol. The number of halogens is 1. The Bertz CT molecular complexity index is 620. The Morgan fingerprint density at radius 2 is 2.15 bits per heavy atom. The van der Waals surface area contributed by atoms with Gasteiger partial charge in [0.15, 0.2) is 0 Å². The second-order valence-electron chi connectivity index (χ2n) is 5.70. The van der Waals surface area contributed by atoms with E-state index in [0.717, 1.165) is 24.4 Å². The van der Waals surface area contributed by atoms with Crippen LogP contribution in [0.25, 0.3) is 0 Å². The average Bonchev–Trinajstić information content (AvgIpc) is 2.79. The fourth-order valence-corrected chi connectivity index (χ4v) is 3.16. The maximum atomic E-state index is 13.4. The summed E-state index contributed by atoms with van der Waals surface area (Å²) in [5.74, 6) is 0.926. The highest BCUT2D eigenvalue weighted by Gasteiger charge is 2.30. The second-order valence-corrected chi connectivity index (χ2v) is 5.70. The molecule has 0 saturated carbocycles. The van der Waals surface area contributed by atoms with E-state index in [9.17, 15) is 4.39 Å². The predicted octanol–water partition coefficient (Wildman–Crippen LogP) is 3.07. The summed E-state index contributed by atoms with van der Waals surface area (Å²) in [5, 5.41) is 0. The van der Waals surface area contributed by atoms with E-state index in [-0.39, 0.29) is 11.9 Å². The summed E-state index contributed by atoms with van der Waals surface area (Å²) >= 11 is 0. The molecule has 0 bridgehead atoms. The quantitative estimate of drug-likeness (QED) is 0.838. The van der Waals surface area contributed by atoms with Gasteiger partial charge in [0.25, 0.3) is 0 Å². The maximum Gasteiger partial charge on any atom is 0.123 e. The fraction of sp³-hybridized carbons (Fsp3) is 0.438. The Balaban J connectivity index is 1.90. The number of aryl methyl sites for hydroxylation is 1. The van der Waals surface area contributed by atoms with Crippen molar-refractivity contribution in [2.45, 2.75) is 38.9 Å². The van der Waals surface area contributed by atoms with Gasteiger partial charge in [-0.2, -0.15) is 0 Å². The molecular formula is C16H20FN3. The van der Waals surface area contributed by atoms with Gasteiger partial charge in [-0.05, 0) is 43.5 Å². The van der Waals surface area contributed by atoms with E-state index in [0.29, 0.717) is 6.04 Å². The summed E-state index contributed by atoms with van der Waals surface area (Å²) in [6, 6.07) is 5.83. The van der Waals surface area contributed by atoms with Crippen molar-refractivity contribution < 1.29 is 4.39 Å². The molecule has 2 atom stereocenters. The normalized spacial score (nSPS) is 22.8. The van der Waals surface area contributed by atoms with E-state index >= 15 is 0 Å². The number of imidazole rings is 1. The van der Waals surface area contributed by atoms with Crippen molar-refractivity contribution >= 4 is 0 Å². The van der Waals surface area contributed by atoms with Crippen molar-refractivity contribution in [2.75, 3.05) is 0 Å². The largest absolute Gasteiger partial charge is 0.337 e. The highest BCUT2D eigenvalue weighted by Crippen LogP contribution is 2.34. The van der Waals surface area contributed by atoms with Gasteiger partial charge in [0.2, 0.25) is 0 Å². The first kappa shape index (κ1) is 13.3. The molecule has 0 fully saturated rings. The Kier molecular flexibility index (Phi) is 3.34. The van der Waals surface area contributed by atoms with Crippen LogP contribution in [0.3, 0.4) is 0 Å². The molecule has 20 heavy (non-hydrogen) atoms. The minimum absolute atomic E-state index is 0.138. The van der Waals surface area contributed by atoms with Crippen molar-refractivity contribution in [1.29, 1.82) is 0 Å². The van der Waals surface area contributed by atoms with E-state index in [1.54, 1.807) is 12.1 Å². The van der Waals surface area contributed by atoms with Crippen LogP contribution in [-0.2, 0) is 20.0 Å². The zero-order valence-electron chi connectivity index (χ0n) is 12.2. The second kappa shape index (κ2) is 5.02. The zero-order valence-corrected chi connectivity index (χ0v) is 12.2. The minimum Gasteiger partial charge on any atom is -0.337 e. The molecule has 1 aliphatic rings. The van der Waals surface area contributed by atoms with Gasteiger partial charge in [0.05, 0.1) is 6.54 Å². The third-order valence-corrected chi connectivity index (χ3v) is 4.38. The first-order chi connectivity index (χ1) is 9.56. The van der Waals surface area contributed by atoms with Crippen LogP contribution in [0.5, 0.6) is 0 Å². The minimum atomic E-state index is -0.138. The van der Waals surface area contributed by atoms with E-state index in [4.69, 9.17) is 0 Å². The number of hydrogen-bond donors (Lipinski definition) is 0. The first-order valence-corrected chi connectivity index (χ1v) is 7.06. The average molecular weight is 273 g/mol. The summed E-state index contributed by atoms with van der Waals surface area (Å²) in [7, 11) is 2.02. The molecule has 2 heterocycles. The summed E-state index contributed by atoms with van der Waals surface area (Å²) in [4.78, 5) is 6.84. The van der Waals surface area contributed by atoms with Gasteiger partial charge in [0.1, 0.15) is 11.6 Å². The number of nitrogens with zero attached hydrogens (tertiary/aromatic N) is 3. The number of aromatic nitrogens is 2. The Morgan fingerprint density at radius 3 is 2.85 bits per heavy atom. The molecule has 4 heteroatoms. The fourth-order valence-electron chi connectivity index (χ4n) is 3.16. The Labute approximate surface area is 119 Å².